The molecule has 1 aromatic heterocycles. The second kappa shape index (κ2) is 5.14. The highest BCUT2D eigenvalue weighted by molar-refractivity contribution is 7.09. The van der Waals surface area contributed by atoms with Crippen LogP contribution in [0.3, 0.4) is 0 Å². The molecule has 0 saturated carbocycles. The van der Waals surface area contributed by atoms with Crippen molar-refractivity contribution in [3.63, 3.8) is 0 Å². The molecule has 5 heteroatoms. The van der Waals surface area contributed by atoms with Crippen LogP contribution >= 0.6 is 11.3 Å². The van der Waals surface area contributed by atoms with Gasteiger partial charge in [0.1, 0.15) is 0 Å². The molecule has 1 fully saturated rings. The number of carbonyl (C=O) groups is 1. The molecule has 0 bridgehead atoms. The molecule has 1 aliphatic rings. The first-order valence-electron chi connectivity index (χ1n) is 5.12. The minimum Gasteiger partial charge on any atom is -0.336 e. The summed E-state index contributed by atoms with van der Waals surface area (Å²) in [6, 6.07) is 4.23. The molecule has 2 N–H and O–H groups in total. The van der Waals surface area contributed by atoms with Crippen LogP contribution in [0.1, 0.15) is 4.88 Å². The van der Waals surface area contributed by atoms with E-state index in [1.54, 1.807) is 11.3 Å². The van der Waals surface area contributed by atoms with Crippen molar-refractivity contribution in [3.05, 3.63) is 22.4 Å². The molecule has 82 valence electrons. The van der Waals surface area contributed by atoms with Gasteiger partial charge in [-0.1, -0.05) is 6.07 Å². The molecule has 2 heterocycles. The van der Waals surface area contributed by atoms with Crippen LogP contribution in [0, 0.1) is 0 Å². The van der Waals surface area contributed by atoms with Gasteiger partial charge in [-0.3, -0.25) is 0 Å². The van der Waals surface area contributed by atoms with E-state index in [0.29, 0.717) is 0 Å². The average Bonchev–Trinajstić information content (AvgIpc) is 2.85. The summed E-state index contributed by atoms with van der Waals surface area (Å²) in [5, 5.41) is 8.18. The van der Waals surface area contributed by atoms with E-state index >= 15 is 0 Å². The van der Waals surface area contributed by atoms with E-state index in [4.69, 9.17) is 0 Å². The summed E-state index contributed by atoms with van der Waals surface area (Å²) in [7, 11) is 0. The van der Waals surface area contributed by atoms with Crippen LogP contribution in [-0.2, 0) is 6.54 Å². The fourth-order valence-corrected chi connectivity index (χ4v) is 2.24. The Labute approximate surface area is 93.3 Å². The highest BCUT2D eigenvalue weighted by Crippen LogP contribution is 2.07. The lowest BCUT2D eigenvalue weighted by atomic mass is 10.4. The number of hydrogen-bond donors (Lipinski definition) is 2. The Bertz CT molecular complexity index is 312. The van der Waals surface area contributed by atoms with Gasteiger partial charge in [0.2, 0.25) is 0 Å². The first-order valence-corrected chi connectivity index (χ1v) is 6.00. The zero-order chi connectivity index (χ0) is 10.5. The zero-order valence-corrected chi connectivity index (χ0v) is 9.35. The summed E-state index contributed by atoms with van der Waals surface area (Å²) in [6.45, 7) is 4.15. The van der Waals surface area contributed by atoms with E-state index in [9.17, 15) is 4.79 Å². The lowest BCUT2D eigenvalue weighted by molar-refractivity contribution is 0.217. The van der Waals surface area contributed by atoms with Gasteiger partial charge in [0.15, 0.2) is 0 Å². The topological polar surface area (TPSA) is 44.4 Å². The number of amides is 2. The Hall–Kier alpha value is -1.07. The van der Waals surface area contributed by atoms with E-state index in [-0.39, 0.29) is 6.03 Å². The molecule has 15 heavy (non-hydrogen) atoms. The van der Waals surface area contributed by atoms with Gasteiger partial charge in [0, 0.05) is 37.6 Å². The van der Waals surface area contributed by atoms with Crippen LogP contribution in [0.2, 0.25) is 0 Å². The van der Waals surface area contributed by atoms with E-state index in [1.807, 2.05) is 4.90 Å². The van der Waals surface area contributed by atoms with E-state index in [0.717, 1.165) is 32.7 Å². The molecular weight excluding hydrogens is 210 g/mol. The Morgan fingerprint density at radius 1 is 1.60 bits per heavy atom. The minimum absolute atomic E-state index is 0.0629. The smallest absolute Gasteiger partial charge is 0.317 e. The third kappa shape index (κ3) is 2.94. The van der Waals surface area contributed by atoms with Gasteiger partial charge in [0.05, 0.1) is 0 Å². The van der Waals surface area contributed by atoms with Crippen LogP contribution in [0.25, 0.3) is 0 Å². The zero-order valence-electron chi connectivity index (χ0n) is 8.53. The lowest BCUT2D eigenvalue weighted by Gasteiger charge is -2.13. The molecule has 2 rings (SSSR count). The van der Waals surface area contributed by atoms with E-state index in [2.05, 4.69) is 28.1 Å². The summed E-state index contributed by atoms with van der Waals surface area (Å²) in [4.78, 5) is 14.4. The third-order valence-corrected chi connectivity index (χ3v) is 3.26. The maximum atomic E-state index is 11.2. The van der Waals surface area contributed by atoms with Crippen LogP contribution in [0.5, 0.6) is 0 Å². The van der Waals surface area contributed by atoms with Gasteiger partial charge in [-0.2, -0.15) is 0 Å². The molecule has 0 atom stereocenters. The Morgan fingerprint density at radius 3 is 3.20 bits per heavy atom. The Kier molecular flexibility index (Phi) is 3.58. The van der Waals surface area contributed by atoms with Crippen LogP contribution in [0.15, 0.2) is 17.5 Å². The highest BCUT2D eigenvalue weighted by Gasteiger charge is 2.17. The standard InChI is InChI=1S/C10H15N3OS/c14-10-12-4-6-13(10)5-3-11-8-9-2-1-7-15-9/h1-2,7,11H,3-6,8H2,(H,12,14). The number of nitrogens with zero attached hydrogens (tertiary/aromatic N) is 1. The van der Waals surface area contributed by atoms with Gasteiger partial charge in [-0.25, -0.2) is 4.79 Å². The SMILES string of the molecule is O=C1NCCN1CCNCc1cccs1. The second-order valence-corrected chi connectivity index (χ2v) is 4.51. The molecular formula is C10H15N3OS. The number of carbonyl (C=O) groups excluding carboxylic acids is 1. The highest BCUT2D eigenvalue weighted by atomic mass is 32.1. The van der Waals surface area contributed by atoms with Crippen molar-refractivity contribution in [2.45, 2.75) is 6.54 Å². The van der Waals surface area contributed by atoms with Gasteiger partial charge in [-0.05, 0) is 11.4 Å². The van der Waals surface area contributed by atoms with E-state index < -0.39 is 0 Å². The van der Waals surface area contributed by atoms with Crippen molar-refractivity contribution >= 4 is 17.4 Å². The van der Waals surface area contributed by atoms with Crippen molar-refractivity contribution in [2.24, 2.45) is 0 Å². The van der Waals surface area contributed by atoms with Crippen molar-refractivity contribution in [1.82, 2.24) is 15.5 Å². The van der Waals surface area contributed by atoms with Crippen LogP contribution < -0.4 is 10.6 Å². The lowest BCUT2D eigenvalue weighted by Crippen LogP contribution is -2.34. The van der Waals surface area contributed by atoms with Crippen molar-refractivity contribution in [1.29, 1.82) is 0 Å². The Morgan fingerprint density at radius 2 is 2.53 bits per heavy atom. The summed E-state index contributed by atoms with van der Waals surface area (Å²) >= 11 is 1.75. The molecule has 0 radical (unpaired) electrons. The molecule has 0 unspecified atom stereocenters. The molecule has 0 aromatic carbocycles. The molecule has 1 aliphatic heterocycles. The van der Waals surface area contributed by atoms with Crippen LogP contribution in [-0.4, -0.2) is 37.1 Å². The number of nitrogens with one attached hydrogen (secondary N) is 2. The number of hydrogen-bond acceptors (Lipinski definition) is 3. The molecule has 4 nitrogen and oxygen atoms in total. The van der Waals surface area contributed by atoms with Gasteiger partial charge >= 0.3 is 6.03 Å². The first-order chi connectivity index (χ1) is 7.36. The van der Waals surface area contributed by atoms with Crippen molar-refractivity contribution in [2.75, 3.05) is 26.2 Å². The van der Waals surface area contributed by atoms with E-state index in [1.165, 1.54) is 4.88 Å². The predicted molar refractivity (Wildman–Crippen MR) is 61.0 cm³/mol. The first kappa shape index (κ1) is 10.4. The molecule has 0 aliphatic carbocycles. The summed E-state index contributed by atoms with van der Waals surface area (Å²) in [5.74, 6) is 0. The van der Waals surface area contributed by atoms with Crippen molar-refractivity contribution < 1.29 is 4.79 Å². The predicted octanol–water partition coefficient (Wildman–Crippen LogP) is 0.863. The summed E-state index contributed by atoms with van der Waals surface area (Å²) < 4.78 is 0. The van der Waals surface area contributed by atoms with Gasteiger partial charge < -0.3 is 15.5 Å². The third-order valence-electron chi connectivity index (χ3n) is 2.38. The van der Waals surface area contributed by atoms with Crippen molar-refractivity contribution in [3.8, 4) is 0 Å². The fraction of sp³-hybridized carbons (Fsp3) is 0.500. The number of urea groups is 1. The molecule has 2 amide bonds. The maximum Gasteiger partial charge on any atom is 0.317 e. The summed E-state index contributed by atoms with van der Waals surface area (Å²) in [6.07, 6.45) is 0. The molecule has 1 saturated heterocycles. The van der Waals surface area contributed by atoms with Crippen LogP contribution in [0.4, 0.5) is 4.79 Å². The number of thiophene rings is 1. The maximum absolute atomic E-state index is 11.2. The van der Waals surface area contributed by atoms with Gasteiger partial charge in [-0.15, -0.1) is 11.3 Å². The quantitative estimate of drug-likeness (QED) is 0.730. The normalized spacial score (nSPS) is 15.7. The fourth-order valence-electron chi connectivity index (χ4n) is 1.56. The monoisotopic (exact) mass is 225 g/mol. The molecule has 0 spiro atoms. The number of rotatable bonds is 5. The Balaban J connectivity index is 1.61. The summed E-state index contributed by atoms with van der Waals surface area (Å²) in [5.41, 5.74) is 0. The van der Waals surface area contributed by atoms with Gasteiger partial charge in [0.25, 0.3) is 0 Å². The average molecular weight is 225 g/mol. The second-order valence-electron chi connectivity index (χ2n) is 3.48. The largest absolute Gasteiger partial charge is 0.336 e. The minimum atomic E-state index is 0.0629. The molecule has 1 aromatic rings.